The average Bonchev–Trinajstić information content (AvgIpc) is 3.03. The van der Waals surface area contributed by atoms with E-state index in [4.69, 9.17) is 4.74 Å². The molecule has 3 heteroatoms. The first kappa shape index (κ1) is 23.9. The fourth-order valence-corrected chi connectivity index (χ4v) is 11.3. The number of hydrogen-bond donors (Lipinski definition) is 0. The summed E-state index contributed by atoms with van der Waals surface area (Å²) in [6.07, 6.45) is 10.7. The Labute approximate surface area is 202 Å². The standard InChI is InChI=1S/C30H48O3/c1-18(2)19-11-13-27(5)15-16-29(7)20(24(19)27)9-10-22-28(6)17-23(31)33-25(32)26(3,4)21(28)12-14-30(22,29)8/h18-22,24H,9-17H2,1-8H3/t19-,20+,21-,22+,24+,27+,28-,29+,30+/m0/s1. The molecule has 0 aromatic rings. The molecule has 0 radical (unpaired) electrons. The summed E-state index contributed by atoms with van der Waals surface area (Å²) < 4.78 is 5.36. The van der Waals surface area contributed by atoms with E-state index in [-0.39, 0.29) is 28.7 Å². The van der Waals surface area contributed by atoms with Crippen molar-refractivity contribution >= 4 is 11.9 Å². The lowest BCUT2D eigenvalue weighted by Crippen LogP contribution is -2.65. The molecule has 5 aliphatic rings. The Morgan fingerprint density at radius 1 is 0.788 bits per heavy atom. The van der Waals surface area contributed by atoms with Gasteiger partial charge in [0.1, 0.15) is 0 Å². The van der Waals surface area contributed by atoms with Crippen molar-refractivity contribution in [3.05, 3.63) is 0 Å². The zero-order valence-electron chi connectivity index (χ0n) is 22.6. The first-order valence-corrected chi connectivity index (χ1v) is 14.0. The third-order valence-electron chi connectivity index (χ3n) is 13.2. The predicted octanol–water partition coefficient (Wildman–Crippen LogP) is 7.42. The molecule has 1 aliphatic heterocycles. The van der Waals surface area contributed by atoms with Crippen molar-refractivity contribution in [2.45, 2.75) is 113 Å². The molecular formula is C30H48O3. The number of carbonyl (C=O) groups excluding carboxylic acids is 2. The van der Waals surface area contributed by atoms with Gasteiger partial charge in [0.25, 0.3) is 0 Å². The Bertz CT molecular complexity index is 859. The van der Waals surface area contributed by atoms with Gasteiger partial charge in [0.05, 0.1) is 11.8 Å². The van der Waals surface area contributed by atoms with Crippen molar-refractivity contribution in [1.82, 2.24) is 0 Å². The fourth-order valence-electron chi connectivity index (χ4n) is 11.3. The molecule has 0 N–H and O–H groups in total. The molecule has 5 rings (SSSR count). The molecule has 0 unspecified atom stereocenters. The number of hydrogen-bond acceptors (Lipinski definition) is 3. The van der Waals surface area contributed by atoms with E-state index >= 15 is 0 Å². The third-order valence-corrected chi connectivity index (χ3v) is 13.2. The number of ether oxygens (including phenoxy) is 1. The SMILES string of the molecule is CC(C)[C@@H]1CC[C@]2(C)CC[C@]3(C)[C@H](CC[C@@H]4[C@@]5(C)CC(=O)OC(=O)C(C)(C)[C@@H]5CC[C@]43C)[C@@H]12. The number of carbonyl (C=O) groups is 2. The molecule has 5 fully saturated rings. The average molecular weight is 457 g/mol. The summed E-state index contributed by atoms with van der Waals surface area (Å²) in [7, 11) is 0. The lowest BCUT2D eigenvalue weighted by atomic mass is 9.33. The Morgan fingerprint density at radius 2 is 1.48 bits per heavy atom. The van der Waals surface area contributed by atoms with Crippen LogP contribution in [-0.2, 0) is 14.3 Å². The first-order chi connectivity index (χ1) is 15.2. The van der Waals surface area contributed by atoms with Gasteiger partial charge in [-0.1, -0.05) is 41.5 Å². The Balaban J connectivity index is 1.57. The van der Waals surface area contributed by atoms with Crippen molar-refractivity contribution < 1.29 is 14.3 Å². The minimum absolute atomic E-state index is 0.165. The quantitative estimate of drug-likeness (QED) is 0.304. The highest BCUT2D eigenvalue weighted by molar-refractivity contribution is 5.90. The maximum absolute atomic E-state index is 12.9. The van der Waals surface area contributed by atoms with Crippen LogP contribution in [0.3, 0.4) is 0 Å². The van der Waals surface area contributed by atoms with Crippen molar-refractivity contribution in [3.8, 4) is 0 Å². The van der Waals surface area contributed by atoms with Crippen LogP contribution in [0.5, 0.6) is 0 Å². The Morgan fingerprint density at radius 3 is 2.15 bits per heavy atom. The van der Waals surface area contributed by atoms with E-state index in [1.807, 2.05) is 13.8 Å². The second-order valence-electron chi connectivity index (χ2n) is 15.0. The highest BCUT2D eigenvalue weighted by Crippen LogP contribution is 2.76. The highest BCUT2D eigenvalue weighted by Gasteiger charge is 2.70. The van der Waals surface area contributed by atoms with E-state index in [1.165, 1.54) is 44.9 Å². The normalized spacial score (nSPS) is 53.4. The minimum atomic E-state index is -0.598. The lowest BCUT2D eigenvalue weighted by molar-refractivity contribution is -0.227. The molecule has 4 saturated carbocycles. The van der Waals surface area contributed by atoms with Crippen LogP contribution in [0.15, 0.2) is 0 Å². The van der Waals surface area contributed by atoms with Gasteiger partial charge in [-0.3, -0.25) is 9.59 Å². The predicted molar refractivity (Wildman–Crippen MR) is 131 cm³/mol. The van der Waals surface area contributed by atoms with Crippen LogP contribution in [0.4, 0.5) is 0 Å². The molecule has 4 aliphatic carbocycles. The number of rotatable bonds is 1. The van der Waals surface area contributed by atoms with E-state index in [0.717, 1.165) is 30.1 Å². The van der Waals surface area contributed by atoms with Crippen LogP contribution in [0.25, 0.3) is 0 Å². The molecule has 186 valence electrons. The van der Waals surface area contributed by atoms with Crippen molar-refractivity contribution in [1.29, 1.82) is 0 Å². The van der Waals surface area contributed by atoms with Gasteiger partial charge in [-0.25, -0.2) is 0 Å². The minimum Gasteiger partial charge on any atom is -0.393 e. The van der Waals surface area contributed by atoms with Gasteiger partial charge in [0, 0.05) is 0 Å². The summed E-state index contributed by atoms with van der Waals surface area (Å²) in [6.45, 7) is 19.2. The molecule has 1 saturated heterocycles. The summed E-state index contributed by atoms with van der Waals surface area (Å²) in [4.78, 5) is 25.7. The smallest absolute Gasteiger partial charge is 0.319 e. The van der Waals surface area contributed by atoms with Crippen molar-refractivity contribution in [2.24, 2.45) is 62.6 Å². The van der Waals surface area contributed by atoms with Crippen molar-refractivity contribution in [3.63, 3.8) is 0 Å². The third kappa shape index (κ3) is 2.92. The summed E-state index contributed by atoms with van der Waals surface area (Å²) >= 11 is 0. The molecule has 0 aromatic heterocycles. The van der Waals surface area contributed by atoms with E-state index in [2.05, 4.69) is 41.5 Å². The van der Waals surface area contributed by atoms with Crippen LogP contribution < -0.4 is 0 Å². The summed E-state index contributed by atoms with van der Waals surface area (Å²) in [5, 5.41) is 0. The van der Waals surface area contributed by atoms with Crippen LogP contribution in [0.1, 0.15) is 113 Å². The molecule has 0 bridgehead atoms. The fraction of sp³-hybridized carbons (Fsp3) is 0.933. The number of esters is 2. The second-order valence-corrected chi connectivity index (χ2v) is 15.0. The van der Waals surface area contributed by atoms with E-state index in [9.17, 15) is 9.59 Å². The van der Waals surface area contributed by atoms with Gasteiger partial charge in [-0.15, -0.1) is 0 Å². The summed E-state index contributed by atoms with van der Waals surface area (Å²) in [6, 6.07) is 0. The van der Waals surface area contributed by atoms with Gasteiger partial charge >= 0.3 is 11.9 Å². The Hall–Kier alpha value is -0.860. The largest absolute Gasteiger partial charge is 0.393 e. The molecule has 0 amide bonds. The van der Waals surface area contributed by atoms with Gasteiger partial charge in [-0.2, -0.15) is 0 Å². The molecule has 0 spiro atoms. The number of fused-ring (bicyclic) bond motifs is 7. The molecule has 33 heavy (non-hydrogen) atoms. The Kier molecular flexibility index (Phi) is 5.13. The van der Waals surface area contributed by atoms with Crippen molar-refractivity contribution in [2.75, 3.05) is 0 Å². The maximum Gasteiger partial charge on any atom is 0.319 e. The molecule has 9 atom stereocenters. The van der Waals surface area contributed by atoms with Crippen LogP contribution in [-0.4, -0.2) is 11.9 Å². The van der Waals surface area contributed by atoms with Gasteiger partial charge in [-0.05, 0) is 122 Å². The highest BCUT2D eigenvalue weighted by atomic mass is 16.6. The lowest BCUT2D eigenvalue weighted by Gasteiger charge is -2.71. The molecular weight excluding hydrogens is 408 g/mol. The van der Waals surface area contributed by atoms with Gasteiger partial charge in [0.2, 0.25) is 0 Å². The van der Waals surface area contributed by atoms with E-state index < -0.39 is 5.41 Å². The van der Waals surface area contributed by atoms with Gasteiger partial charge in [0.15, 0.2) is 0 Å². The molecule has 3 nitrogen and oxygen atoms in total. The van der Waals surface area contributed by atoms with Crippen LogP contribution in [0, 0.1) is 62.6 Å². The molecule has 0 aromatic carbocycles. The number of cyclic esters (lactones) is 2. The topological polar surface area (TPSA) is 43.4 Å². The van der Waals surface area contributed by atoms with Gasteiger partial charge < -0.3 is 4.74 Å². The van der Waals surface area contributed by atoms with E-state index in [1.54, 1.807) is 0 Å². The summed E-state index contributed by atoms with van der Waals surface area (Å²) in [5.41, 5.74) is 0.289. The first-order valence-electron chi connectivity index (χ1n) is 14.0. The van der Waals surface area contributed by atoms with E-state index in [0.29, 0.717) is 23.2 Å². The van der Waals surface area contributed by atoms with Crippen LogP contribution >= 0.6 is 0 Å². The zero-order chi connectivity index (χ0) is 24.2. The summed E-state index contributed by atoms with van der Waals surface area (Å²) in [5.74, 6) is 3.36. The zero-order valence-corrected chi connectivity index (χ0v) is 22.6. The second kappa shape index (κ2) is 7.10. The maximum atomic E-state index is 12.9. The van der Waals surface area contributed by atoms with Crippen LogP contribution in [0.2, 0.25) is 0 Å². The monoisotopic (exact) mass is 456 g/mol. The molecule has 1 heterocycles.